The molecule has 3 rings (SSSR count). The lowest BCUT2D eigenvalue weighted by Gasteiger charge is -2.06. The lowest BCUT2D eigenvalue weighted by molar-refractivity contribution is 0.0994. The highest BCUT2D eigenvalue weighted by molar-refractivity contribution is 7.91. The van der Waals surface area contributed by atoms with Gasteiger partial charge < -0.3 is 9.30 Å². The van der Waals surface area contributed by atoms with Gasteiger partial charge in [-0.1, -0.05) is 36.5 Å². The van der Waals surface area contributed by atoms with E-state index in [0.29, 0.717) is 18.0 Å². The van der Waals surface area contributed by atoms with Crippen LogP contribution in [-0.4, -0.2) is 38.4 Å². The minimum atomic E-state index is -3.52. The molecule has 0 N–H and O–H groups in total. The molecule has 3 aromatic rings. The van der Waals surface area contributed by atoms with Crippen LogP contribution in [0.3, 0.4) is 0 Å². The molecule has 148 valence electrons. The lowest BCUT2D eigenvalue weighted by atomic mass is 10.2. The third kappa shape index (κ3) is 4.09. The lowest BCUT2D eigenvalue weighted by Crippen LogP contribution is -2.20. The number of sulfone groups is 1. The zero-order chi connectivity index (χ0) is 20.3. The van der Waals surface area contributed by atoms with E-state index in [1.165, 1.54) is 23.5 Å². The average molecular weight is 419 g/mol. The van der Waals surface area contributed by atoms with Crippen LogP contribution in [0.4, 0.5) is 0 Å². The molecule has 0 saturated carbocycles. The van der Waals surface area contributed by atoms with Crippen LogP contribution < -0.4 is 4.80 Å². The van der Waals surface area contributed by atoms with Crippen molar-refractivity contribution in [2.24, 2.45) is 4.99 Å². The van der Waals surface area contributed by atoms with Crippen LogP contribution in [0.15, 0.2) is 52.4 Å². The van der Waals surface area contributed by atoms with E-state index in [1.807, 2.05) is 29.7 Å². The molecule has 0 aliphatic rings. The molecule has 0 fully saturated rings. The number of hydrogen-bond donors (Lipinski definition) is 0. The molecule has 8 heteroatoms. The highest BCUT2D eigenvalue weighted by Crippen LogP contribution is 2.20. The monoisotopic (exact) mass is 418 g/mol. The minimum absolute atomic E-state index is 0.0200. The van der Waals surface area contributed by atoms with Crippen LogP contribution in [0.1, 0.15) is 22.8 Å². The minimum Gasteiger partial charge on any atom is -0.383 e. The van der Waals surface area contributed by atoms with Crippen LogP contribution >= 0.6 is 11.3 Å². The first kappa shape index (κ1) is 20.4. The van der Waals surface area contributed by atoms with Crippen molar-refractivity contribution in [3.63, 3.8) is 0 Å². The molecule has 1 amide bonds. The van der Waals surface area contributed by atoms with Gasteiger partial charge in [-0.05, 0) is 36.8 Å². The van der Waals surface area contributed by atoms with E-state index in [1.54, 1.807) is 26.2 Å². The molecule has 2 aromatic carbocycles. The number of hydrogen-bond acceptors (Lipinski definition) is 5. The van der Waals surface area contributed by atoms with Crippen molar-refractivity contribution in [1.29, 1.82) is 0 Å². The summed E-state index contributed by atoms with van der Waals surface area (Å²) in [5.74, 6) is -0.644. The van der Waals surface area contributed by atoms with Gasteiger partial charge in [0, 0.05) is 13.7 Å². The number of nitrogens with zero attached hydrogens (tertiary/aromatic N) is 2. The van der Waals surface area contributed by atoms with E-state index in [-0.39, 0.29) is 16.2 Å². The largest absolute Gasteiger partial charge is 0.383 e. The van der Waals surface area contributed by atoms with Crippen LogP contribution in [-0.2, 0) is 21.1 Å². The summed E-state index contributed by atoms with van der Waals surface area (Å²) in [5.41, 5.74) is 2.18. The highest BCUT2D eigenvalue weighted by Gasteiger charge is 2.20. The Hall–Kier alpha value is -2.29. The number of ether oxygens (including phenoxy) is 1. The number of thiazole rings is 1. The first-order valence-electron chi connectivity index (χ1n) is 8.87. The van der Waals surface area contributed by atoms with Crippen molar-refractivity contribution in [2.45, 2.75) is 25.3 Å². The summed E-state index contributed by atoms with van der Waals surface area (Å²) < 4.78 is 32.8. The average Bonchev–Trinajstić information content (AvgIpc) is 3.02. The molecule has 0 aliphatic heterocycles. The summed E-state index contributed by atoms with van der Waals surface area (Å²) in [6, 6.07) is 12.3. The van der Waals surface area contributed by atoms with E-state index >= 15 is 0 Å². The van der Waals surface area contributed by atoms with Gasteiger partial charge in [0.2, 0.25) is 0 Å². The Morgan fingerprint density at radius 2 is 1.96 bits per heavy atom. The number of aromatic nitrogens is 1. The summed E-state index contributed by atoms with van der Waals surface area (Å²) in [4.78, 5) is 17.7. The van der Waals surface area contributed by atoms with Crippen molar-refractivity contribution in [3.05, 3.63) is 58.4 Å². The fraction of sp³-hybridized carbons (Fsp3) is 0.300. The normalized spacial score (nSPS) is 12.6. The highest BCUT2D eigenvalue weighted by atomic mass is 32.2. The Balaban J connectivity index is 2.17. The predicted octanol–water partition coefficient (Wildman–Crippen LogP) is 3.19. The van der Waals surface area contributed by atoms with Gasteiger partial charge >= 0.3 is 0 Å². The van der Waals surface area contributed by atoms with Gasteiger partial charge in [0.25, 0.3) is 5.91 Å². The second-order valence-corrected chi connectivity index (χ2v) is 9.57. The fourth-order valence-corrected chi connectivity index (χ4v) is 5.12. The van der Waals surface area contributed by atoms with Crippen molar-refractivity contribution >= 4 is 37.3 Å². The van der Waals surface area contributed by atoms with Crippen LogP contribution in [0, 0.1) is 6.92 Å². The molecule has 0 saturated heterocycles. The van der Waals surface area contributed by atoms with E-state index in [2.05, 4.69) is 4.99 Å². The second kappa shape index (κ2) is 8.38. The first-order chi connectivity index (χ1) is 13.4. The number of carbonyl (C=O) groups is 1. The fourth-order valence-electron chi connectivity index (χ4n) is 2.88. The standard InChI is InChI=1S/C20H22N2O4S2/c1-4-28(24,25)18-8-6-5-7-15(18)19(23)21-20-22(11-12-26-3)16-10-9-14(2)13-17(16)27-20/h5-10,13H,4,11-12H2,1-3H3. The molecule has 0 aliphatic carbocycles. The van der Waals surface area contributed by atoms with Crippen molar-refractivity contribution in [1.82, 2.24) is 4.57 Å². The van der Waals surface area contributed by atoms with Crippen molar-refractivity contribution in [2.75, 3.05) is 19.5 Å². The van der Waals surface area contributed by atoms with Crippen molar-refractivity contribution < 1.29 is 17.9 Å². The SMILES string of the molecule is CCS(=O)(=O)c1ccccc1C(=O)N=c1sc2cc(C)ccc2n1CCOC. The number of benzene rings is 2. The topological polar surface area (TPSA) is 77.7 Å². The molecule has 6 nitrogen and oxygen atoms in total. The van der Waals surface area contributed by atoms with Crippen LogP contribution in [0.25, 0.3) is 10.2 Å². The molecule has 0 spiro atoms. The molecule has 1 heterocycles. The predicted molar refractivity (Wildman–Crippen MR) is 110 cm³/mol. The quantitative estimate of drug-likeness (QED) is 0.616. The number of fused-ring (bicyclic) bond motifs is 1. The number of methoxy groups -OCH3 is 1. The smallest absolute Gasteiger partial charge is 0.280 e. The Labute approximate surface area is 168 Å². The van der Waals surface area contributed by atoms with Crippen LogP contribution in [0.5, 0.6) is 0 Å². The molecule has 0 bridgehead atoms. The summed E-state index contributed by atoms with van der Waals surface area (Å²) in [5, 5.41) is 0. The molecule has 0 radical (unpaired) electrons. The second-order valence-electron chi connectivity index (χ2n) is 6.32. The number of carbonyl (C=O) groups excluding carboxylic acids is 1. The van der Waals surface area contributed by atoms with Gasteiger partial charge in [0.1, 0.15) is 0 Å². The first-order valence-corrected chi connectivity index (χ1v) is 11.3. The molecule has 0 unspecified atom stereocenters. The van der Waals surface area contributed by atoms with E-state index in [0.717, 1.165) is 15.8 Å². The molecule has 28 heavy (non-hydrogen) atoms. The Bertz CT molecular complexity index is 1190. The van der Waals surface area contributed by atoms with E-state index in [9.17, 15) is 13.2 Å². The molecular weight excluding hydrogens is 396 g/mol. The maximum atomic E-state index is 12.9. The van der Waals surface area contributed by atoms with E-state index < -0.39 is 15.7 Å². The van der Waals surface area contributed by atoms with Gasteiger partial charge in [-0.2, -0.15) is 4.99 Å². The summed E-state index contributed by atoms with van der Waals surface area (Å²) in [6.45, 7) is 4.58. The summed E-state index contributed by atoms with van der Waals surface area (Å²) in [6.07, 6.45) is 0. The van der Waals surface area contributed by atoms with Gasteiger partial charge in [-0.15, -0.1) is 0 Å². The summed E-state index contributed by atoms with van der Waals surface area (Å²) >= 11 is 1.40. The van der Waals surface area contributed by atoms with Crippen molar-refractivity contribution in [3.8, 4) is 0 Å². The Morgan fingerprint density at radius 3 is 2.68 bits per heavy atom. The summed E-state index contributed by atoms with van der Waals surface area (Å²) in [7, 11) is -1.91. The molecular formula is C20H22N2O4S2. The number of aryl methyl sites for hydroxylation is 1. The third-order valence-electron chi connectivity index (χ3n) is 4.39. The molecule has 1 aromatic heterocycles. The maximum Gasteiger partial charge on any atom is 0.280 e. The van der Waals surface area contributed by atoms with Gasteiger partial charge in [0.15, 0.2) is 14.6 Å². The number of rotatable bonds is 6. The zero-order valence-corrected chi connectivity index (χ0v) is 17.6. The van der Waals surface area contributed by atoms with Gasteiger partial charge in [-0.25, -0.2) is 8.42 Å². The van der Waals surface area contributed by atoms with Gasteiger partial charge in [-0.3, -0.25) is 4.79 Å². The zero-order valence-electron chi connectivity index (χ0n) is 16.0. The van der Waals surface area contributed by atoms with E-state index in [4.69, 9.17) is 4.74 Å². The maximum absolute atomic E-state index is 12.9. The molecule has 0 atom stereocenters. The third-order valence-corrected chi connectivity index (χ3v) is 7.21. The Kier molecular flexibility index (Phi) is 6.12. The van der Waals surface area contributed by atoms with Crippen LogP contribution in [0.2, 0.25) is 0 Å². The number of amides is 1. The van der Waals surface area contributed by atoms with Gasteiger partial charge in [0.05, 0.1) is 33.0 Å². The Morgan fingerprint density at radius 1 is 1.21 bits per heavy atom.